The Bertz CT molecular complexity index is 882. The van der Waals surface area contributed by atoms with Gasteiger partial charge in [-0.25, -0.2) is 9.37 Å². The number of benzene rings is 1. The zero-order valence-corrected chi connectivity index (χ0v) is 15.7. The van der Waals surface area contributed by atoms with Crippen molar-refractivity contribution in [2.45, 2.75) is 13.2 Å². The summed E-state index contributed by atoms with van der Waals surface area (Å²) in [6.07, 6.45) is 3.94. The van der Waals surface area contributed by atoms with Gasteiger partial charge in [-0.3, -0.25) is 4.99 Å². The van der Waals surface area contributed by atoms with Crippen molar-refractivity contribution in [3.8, 4) is 5.75 Å². The van der Waals surface area contributed by atoms with Crippen LogP contribution in [0, 0.1) is 5.82 Å². The van der Waals surface area contributed by atoms with Crippen LogP contribution in [0.3, 0.4) is 0 Å². The van der Waals surface area contributed by atoms with Crippen LogP contribution in [-0.2, 0) is 6.54 Å². The lowest BCUT2D eigenvalue weighted by Gasteiger charge is -2.12. The Balaban J connectivity index is 2.11. The maximum absolute atomic E-state index is 13.9. The first kappa shape index (κ1) is 22.2. The first-order valence-electron chi connectivity index (χ1n) is 8.22. The van der Waals surface area contributed by atoms with Gasteiger partial charge < -0.3 is 26.2 Å². The van der Waals surface area contributed by atoms with Crippen LogP contribution >= 0.6 is 11.6 Å². The second-order valence-electron chi connectivity index (χ2n) is 5.38. The third-order valence-electron chi connectivity index (χ3n) is 3.33. The molecule has 1 aromatic carbocycles. The van der Waals surface area contributed by atoms with Crippen LogP contribution < -0.4 is 21.1 Å². The van der Waals surface area contributed by atoms with Crippen LogP contribution in [0.4, 0.5) is 24.9 Å². The Labute approximate surface area is 169 Å². The number of hydrogen-bond acceptors (Lipinski definition) is 8. The molecule has 0 saturated heterocycles. The topological polar surface area (TPSA) is 118 Å². The molecular formula is C17H18ClF3N6O2. The van der Waals surface area contributed by atoms with Gasteiger partial charge in [-0.2, -0.15) is 13.8 Å². The van der Waals surface area contributed by atoms with E-state index < -0.39 is 12.4 Å². The van der Waals surface area contributed by atoms with E-state index in [-0.39, 0.29) is 47.8 Å². The van der Waals surface area contributed by atoms with E-state index in [0.717, 1.165) is 18.2 Å². The molecule has 12 heteroatoms. The predicted octanol–water partition coefficient (Wildman–Crippen LogP) is 2.76. The van der Waals surface area contributed by atoms with E-state index in [0.29, 0.717) is 5.70 Å². The van der Waals surface area contributed by atoms with Crippen LogP contribution in [0.25, 0.3) is 0 Å². The standard InChI is InChI=1S/C17H18ClF3N6O2/c18-13-9-25-17(26-11(6-22)8-23-3-4-28)27-15(13)24-7-10-5-12(29-16(20)21)1-2-14(10)19/h1-2,5-6,8-9,16,28H,3-4,7,22H2,(H2,24,25,26,27)/b11-6+,23-8?. The average molecular weight is 431 g/mol. The van der Waals surface area contributed by atoms with Gasteiger partial charge in [0, 0.05) is 24.5 Å². The van der Waals surface area contributed by atoms with Crippen molar-refractivity contribution in [3.05, 3.63) is 52.7 Å². The summed E-state index contributed by atoms with van der Waals surface area (Å²) in [6, 6.07) is 3.27. The van der Waals surface area contributed by atoms with Crippen molar-refractivity contribution in [2.75, 3.05) is 23.8 Å². The molecule has 2 rings (SSSR count). The number of aliphatic hydroxyl groups is 1. The quantitative estimate of drug-likeness (QED) is 0.428. The molecule has 0 unspecified atom stereocenters. The molecular weight excluding hydrogens is 413 g/mol. The molecule has 1 heterocycles. The highest BCUT2D eigenvalue weighted by Crippen LogP contribution is 2.23. The molecule has 0 saturated carbocycles. The summed E-state index contributed by atoms with van der Waals surface area (Å²) in [5.74, 6) is -0.489. The smallest absolute Gasteiger partial charge is 0.387 e. The van der Waals surface area contributed by atoms with Crippen molar-refractivity contribution >= 4 is 29.6 Å². The lowest BCUT2D eigenvalue weighted by molar-refractivity contribution is -0.0499. The van der Waals surface area contributed by atoms with E-state index in [2.05, 4.69) is 30.3 Å². The van der Waals surface area contributed by atoms with Crippen molar-refractivity contribution < 1.29 is 23.0 Å². The van der Waals surface area contributed by atoms with E-state index >= 15 is 0 Å². The number of anilines is 2. The molecule has 0 fully saturated rings. The fraction of sp³-hybridized carbons (Fsp3) is 0.235. The van der Waals surface area contributed by atoms with Gasteiger partial charge in [-0.15, -0.1) is 0 Å². The number of allylic oxidation sites excluding steroid dienone is 1. The van der Waals surface area contributed by atoms with Crippen LogP contribution in [0.5, 0.6) is 5.75 Å². The van der Waals surface area contributed by atoms with Crippen LogP contribution in [0.1, 0.15) is 5.56 Å². The molecule has 0 aliphatic heterocycles. The highest BCUT2D eigenvalue weighted by atomic mass is 35.5. The number of aliphatic hydroxyl groups excluding tert-OH is 1. The summed E-state index contributed by atoms with van der Waals surface area (Å²) in [4.78, 5) is 12.1. The van der Waals surface area contributed by atoms with Gasteiger partial charge in [0.2, 0.25) is 5.95 Å². The molecule has 0 aliphatic rings. The molecule has 0 amide bonds. The highest BCUT2D eigenvalue weighted by molar-refractivity contribution is 6.32. The molecule has 1 aromatic heterocycles. The fourth-order valence-electron chi connectivity index (χ4n) is 2.06. The molecule has 0 aliphatic carbocycles. The van der Waals surface area contributed by atoms with E-state index in [4.69, 9.17) is 22.4 Å². The largest absolute Gasteiger partial charge is 0.435 e. The monoisotopic (exact) mass is 430 g/mol. The van der Waals surface area contributed by atoms with E-state index in [9.17, 15) is 13.2 Å². The van der Waals surface area contributed by atoms with E-state index in [1.54, 1.807) is 0 Å². The zero-order valence-electron chi connectivity index (χ0n) is 14.9. The molecule has 0 radical (unpaired) electrons. The van der Waals surface area contributed by atoms with Gasteiger partial charge in [0.25, 0.3) is 0 Å². The summed E-state index contributed by atoms with van der Waals surface area (Å²) in [5.41, 5.74) is 5.93. The number of ether oxygens (including phenoxy) is 1. The number of halogens is 4. The zero-order chi connectivity index (χ0) is 21.2. The molecule has 2 aromatic rings. The first-order valence-corrected chi connectivity index (χ1v) is 8.60. The second-order valence-corrected chi connectivity index (χ2v) is 5.79. The number of nitrogens with one attached hydrogen (secondary N) is 2. The third-order valence-corrected chi connectivity index (χ3v) is 3.60. The highest BCUT2D eigenvalue weighted by Gasteiger charge is 2.11. The number of nitrogens with zero attached hydrogens (tertiary/aromatic N) is 3. The van der Waals surface area contributed by atoms with Gasteiger partial charge in [0.15, 0.2) is 5.82 Å². The van der Waals surface area contributed by atoms with Crippen LogP contribution in [-0.4, -0.2) is 41.1 Å². The maximum atomic E-state index is 13.9. The van der Waals surface area contributed by atoms with E-state index in [1.807, 2.05) is 0 Å². The SMILES string of the molecule is N/C=C(\C=NCCO)Nc1ncc(Cl)c(NCc2cc(OC(F)F)ccc2F)n1. The predicted molar refractivity (Wildman–Crippen MR) is 104 cm³/mol. The molecule has 29 heavy (non-hydrogen) atoms. The van der Waals surface area contributed by atoms with Crippen molar-refractivity contribution in [2.24, 2.45) is 10.7 Å². The summed E-state index contributed by atoms with van der Waals surface area (Å²) >= 11 is 6.05. The normalized spacial score (nSPS) is 11.9. The number of rotatable bonds is 10. The summed E-state index contributed by atoms with van der Waals surface area (Å²) < 4.78 is 42.9. The summed E-state index contributed by atoms with van der Waals surface area (Å²) in [5, 5.41) is 14.5. The Hall–Kier alpha value is -3.05. The van der Waals surface area contributed by atoms with E-state index in [1.165, 1.54) is 18.6 Å². The Morgan fingerprint density at radius 3 is 2.90 bits per heavy atom. The van der Waals surface area contributed by atoms with Crippen molar-refractivity contribution in [1.82, 2.24) is 9.97 Å². The number of aromatic nitrogens is 2. The number of hydrogen-bond donors (Lipinski definition) is 4. The minimum Gasteiger partial charge on any atom is -0.435 e. The lowest BCUT2D eigenvalue weighted by Crippen LogP contribution is -2.10. The lowest BCUT2D eigenvalue weighted by atomic mass is 10.2. The van der Waals surface area contributed by atoms with Crippen LogP contribution in [0.2, 0.25) is 5.02 Å². The minimum atomic E-state index is -3.02. The molecule has 0 atom stereocenters. The summed E-state index contributed by atoms with van der Waals surface area (Å²) in [7, 11) is 0. The summed E-state index contributed by atoms with van der Waals surface area (Å²) in [6.45, 7) is -3.02. The van der Waals surface area contributed by atoms with Gasteiger partial charge in [0.1, 0.15) is 16.6 Å². The first-order chi connectivity index (χ1) is 13.9. The maximum Gasteiger partial charge on any atom is 0.387 e. The van der Waals surface area contributed by atoms with Crippen molar-refractivity contribution in [1.29, 1.82) is 0 Å². The van der Waals surface area contributed by atoms with Gasteiger partial charge >= 0.3 is 6.61 Å². The minimum absolute atomic E-state index is 0.0750. The fourth-order valence-corrected chi connectivity index (χ4v) is 2.22. The average Bonchev–Trinajstić information content (AvgIpc) is 2.69. The molecule has 0 bridgehead atoms. The molecule has 5 N–H and O–H groups in total. The number of aliphatic imine (C=N–C) groups is 1. The van der Waals surface area contributed by atoms with Crippen LogP contribution in [0.15, 0.2) is 41.3 Å². The Morgan fingerprint density at radius 1 is 1.41 bits per heavy atom. The van der Waals surface area contributed by atoms with Crippen molar-refractivity contribution in [3.63, 3.8) is 0 Å². The number of alkyl halides is 2. The Kier molecular flexibility index (Phi) is 8.49. The number of nitrogens with two attached hydrogens (primary N) is 1. The second kappa shape index (κ2) is 11.1. The van der Waals surface area contributed by atoms with Gasteiger partial charge in [-0.1, -0.05) is 11.6 Å². The molecule has 156 valence electrons. The third kappa shape index (κ3) is 7.12. The van der Waals surface area contributed by atoms with Gasteiger partial charge in [-0.05, 0) is 18.2 Å². The molecule has 0 spiro atoms. The Morgan fingerprint density at radius 2 is 2.21 bits per heavy atom. The molecule has 8 nitrogen and oxygen atoms in total. The van der Waals surface area contributed by atoms with Gasteiger partial charge in [0.05, 0.1) is 25.0 Å².